The summed E-state index contributed by atoms with van der Waals surface area (Å²) < 4.78 is 0. The first kappa shape index (κ1) is 10.2. The van der Waals surface area contributed by atoms with Crippen LogP contribution in [0.25, 0.3) is 11.3 Å². The number of rotatable bonds is 2. The molecule has 0 atom stereocenters. The number of nitrogen functional groups attached to an aromatic ring is 1. The Morgan fingerprint density at radius 1 is 1.19 bits per heavy atom. The van der Waals surface area contributed by atoms with Gasteiger partial charge >= 0.3 is 0 Å². The van der Waals surface area contributed by atoms with Gasteiger partial charge in [-0.15, -0.1) is 0 Å². The number of hydrazine groups is 1. The summed E-state index contributed by atoms with van der Waals surface area (Å²) >= 11 is 0. The minimum Gasteiger partial charge on any atom is -0.289 e. The van der Waals surface area contributed by atoms with E-state index in [1.165, 1.54) is 6.20 Å². The first-order chi connectivity index (χ1) is 7.81. The lowest BCUT2D eigenvalue weighted by Gasteiger charge is -2.02. The van der Waals surface area contributed by atoms with Crippen molar-refractivity contribution in [1.29, 1.82) is 0 Å². The largest absolute Gasteiger partial charge is 0.289 e. The van der Waals surface area contributed by atoms with Crippen LogP contribution in [-0.2, 0) is 0 Å². The number of nitrogens with one attached hydrogen (secondary N) is 1. The fraction of sp³-hybridized carbons (Fsp3) is 0. The van der Waals surface area contributed by atoms with E-state index in [-0.39, 0.29) is 5.69 Å². The second-order valence-corrected chi connectivity index (χ2v) is 3.00. The van der Waals surface area contributed by atoms with E-state index in [4.69, 9.17) is 5.84 Å². The highest BCUT2D eigenvalue weighted by molar-refractivity contribution is 5.91. The highest BCUT2D eigenvalue weighted by Crippen LogP contribution is 2.14. The molecule has 0 unspecified atom stereocenters. The summed E-state index contributed by atoms with van der Waals surface area (Å²) in [5.74, 6) is 4.55. The summed E-state index contributed by atoms with van der Waals surface area (Å²) in [5.41, 5.74) is 3.63. The van der Waals surface area contributed by atoms with Gasteiger partial charge in [0.25, 0.3) is 5.91 Å². The second-order valence-electron chi connectivity index (χ2n) is 3.00. The topological polar surface area (TPSA) is 93.8 Å². The van der Waals surface area contributed by atoms with Crippen LogP contribution < -0.4 is 11.3 Å². The number of amides is 1. The van der Waals surface area contributed by atoms with Gasteiger partial charge in [-0.3, -0.25) is 20.2 Å². The molecule has 6 nitrogen and oxygen atoms in total. The molecule has 1 amide bonds. The zero-order valence-corrected chi connectivity index (χ0v) is 8.29. The van der Waals surface area contributed by atoms with E-state index in [9.17, 15) is 4.79 Å². The summed E-state index contributed by atoms with van der Waals surface area (Å²) in [6.45, 7) is 0. The van der Waals surface area contributed by atoms with Gasteiger partial charge in [0.1, 0.15) is 5.69 Å². The van der Waals surface area contributed by atoms with Crippen LogP contribution in [0.1, 0.15) is 10.5 Å². The maximum absolute atomic E-state index is 11.2. The lowest BCUT2D eigenvalue weighted by atomic mass is 10.2. The fourth-order valence-corrected chi connectivity index (χ4v) is 1.21. The molecule has 80 valence electrons. The molecular formula is C10H9N5O. The monoisotopic (exact) mass is 215 g/mol. The Bertz CT molecular complexity index is 500. The van der Waals surface area contributed by atoms with Crippen LogP contribution in [-0.4, -0.2) is 20.9 Å². The van der Waals surface area contributed by atoms with Crippen molar-refractivity contribution in [2.75, 3.05) is 0 Å². The molecule has 0 bridgehead atoms. The Morgan fingerprint density at radius 2 is 1.94 bits per heavy atom. The molecule has 0 aromatic carbocycles. The van der Waals surface area contributed by atoms with Crippen molar-refractivity contribution >= 4 is 5.91 Å². The van der Waals surface area contributed by atoms with Crippen molar-refractivity contribution in [2.45, 2.75) is 0 Å². The Hall–Kier alpha value is -2.34. The van der Waals surface area contributed by atoms with Gasteiger partial charge in [-0.25, -0.2) is 10.8 Å². The van der Waals surface area contributed by atoms with Crippen LogP contribution in [0.2, 0.25) is 0 Å². The van der Waals surface area contributed by atoms with E-state index in [2.05, 4.69) is 15.0 Å². The van der Waals surface area contributed by atoms with Crippen molar-refractivity contribution in [2.24, 2.45) is 5.84 Å². The Kier molecular flexibility index (Phi) is 2.84. The van der Waals surface area contributed by atoms with Gasteiger partial charge in [-0.05, 0) is 12.1 Å². The average molecular weight is 215 g/mol. The molecule has 0 aliphatic heterocycles. The average Bonchev–Trinajstić information content (AvgIpc) is 2.39. The third-order valence-corrected chi connectivity index (χ3v) is 1.97. The van der Waals surface area contributed by atoms with Gasteiger partial charge in [-0.2, -0.15) is 0 Å². The zero-order chi connectivity index (χ0) is 11.4. The van der Waals surface area contributed by atoms with Crippen molar-refractivity contribution in [1.82, 2.24) is 20.4 Å². The minimum atomic E-state index is -0.469. The van der Waals surface area contributed by atoms with E-state index in [0.717, 1.165) is 5.56 Å². The summed E-state index contributed by atoms with van der Waals surface area (Å²) in [7, 11) is 0. The first-order valence-corrected chi connectivity index (χ1v) is 4.54. The fourth-order valence-electron chi connectivity index (χ4n) is 1.21. The molecule has 0 saturated carbocycles. The number of carbonyl (C=O) groups excluding carboxylic acids is 1. The van der Waals surface area contributed by atoms with E-state index < -0.39 is 5.91 Å². The molecule has 3 N–H and O–H groups in total. The van der Waals surface area contributed by atoms with Crippen LogP contribution in [0.3, 0.4) is 0 Å². The van der Waals surface area contributed by atoms with E-state index in [1.807, 2.05) is 5.43 Å². The minimum absolute atomic E-state index is 0.178. The summed E-state index contributed by atoms with van der Waals surface area (Å²) in [6.07, 6.45) is 6.22. The predicted octanol–water partition coefficient (Wildman–Crippen LogP) is 0.142. The van der Waals surface area contributed by atoms with Crippen molar-refractivity contribution in [3.05, 3.63) is 42.6 Å². The van der Waals surface area contributed by atoms with Crippen LogP contribution in [0.4, 0.5) is 0 Å². The van der Waals surface area contributed by atoms with E-state index in [1.54, 1.807) is 30.7 Å². The molecule has 2 rings (SSSR count). The van der Waals surface area contributed by atoms with E-state index in [0.29, 0.717) is 5.69 Å². The number of hydrogen-bond donors (Lipinski definition) is 2. The molecule has 0 saturated heterocycles. The van der Waals surface area contributed by atoms with Crippen LogP contribution in [0.5, 0.6) is 0 Å². The summed E-state index contributed by atoms with van der Waals surface area (Å²) in [6, 6.07) is 3.57. The van der Waals surface area contributed by atoms with Crippen LogP contribution >= 0.6 is 0 Å². The van der Waals surface area contributed by atoms with Crippen LogP contribution in [0, 0.1) is 0 Å². The predicted molar refractivity (Wildman–Crippen MR) is 56.9 cm³/mol. The number of aromatic nitrogens is 3. The lowest BCUT2D eigenvalue weighted by Crippen LogP contribution is -2.30. The molecule has 16 heavy (non-hydrogen) atoms. The van der Waals surface area contributed by atoms with Crippen molar-refractivity contribution in [3.8, 4) is 11.3 Å². The molecule has 0 aliphatic carbocycles. The lowest BCUT2D eigenvalue weighted by molar-refractivity contribution is 0.0948. The molecule has 0 aliphatic rings. The highest BCUT2D eigenvalue weighted by Gasteiger charge is 2.07. The van der Waals surface area contributed by atoms with Gasteiger partial charge in [-0.1, -0.05) is 0 Å². The van der Waals surface area contributed by atoms with E-state index >= 15 is 0 Å². The molecule has 2 heterocycles. The Balaban J connectivity index is 2.40. The SMILES string of the molecule is NNC(=O)c1cncc(-c2ccncc2)n1. The number of nitrogens with zero attached hydrogens (tertiary/aromatic N) is 3. The van der Waals surface area contributed by atoms with Gasteiger partial charge in [0.2, 0.25) is 0 Å². The molecule has 2 aromatic rings. The maximum atomic E-state index is 11.2. The third-order valence-electron chi connectivity index (χ3n) is 1.97. The number of pyridine rings is 1. The van der Waals surface area contributed by atoms with Crippen molar-refractivity contribution in [3.63, 3.8) is 0 Å². The Labute approximate surface area is 91.5 Å². The molecule has 6 heteroatoms. The zero-order valence-electron chi connectivity index (χ0n) is 8.29. The van der Waals surface area contributed by atoms with Crippen molar-refractivity contribution < 1.29 is 4.79 Å². The highest BCUT2D eigenvalue weighted by atomic mass is 16.2. The number of carbonyl (C=O) groups is 1. The smallest absolute Gasteiger partial charge is 0.285 e. The van der Waals surface area contributed by atoms with Gasteiger partial charge < -0.3 is 0 Å². The van der Waals surface area contributed by atoms with Gasteiger partial charge in [0.15, 0.2) is 0 Å². The number of nitrogens with two attached hydrogens (primary N) is 1. The third kappa shape index (κ3) is 2.01. The number of hydrogen-bond acceptors (Lipinski definition) is 5. The maximum Gasteiger partial charge on any atom is 0.285 e. The quantitative estimate of drug-likeness (QED) is 0.422. The normalized spacial score (nSPS) is 9.81. The van der Waals surface area contributed by atoms with Gasteiger partial charge in [0.05, 0.1) is 18.1 Å². The summed E-state index contributed by atoms with van der Waals surface area (Å²) in [4.78, 5) is 23.2. The first-order valence-electron chi connectivity index (χ1n) is 4.54. The standard InChI is InChI=1S/C10H9N5O/c11-15-10(16)9-6-13-5-8(14-9)7-1-3-12-4-2-7/h1-6H,11H2,(H,15,16). The Morgan fingerprint density at radius 3 is 2.62 bits per heavy atom. The van der Waals surface area contributed by atoms with Gasteiger partial charge in [0, 0.05) is 18.0 Å². The molecular weight excluding hydrogens is 206 g/mol. The molecule has 0 fully saturated rings. The second kappa shape index (κ2) is 4.45. The molecule has 0 radical (unpaired) electrons. The summed E-state index contributed by atoms with van der Waals surface area (Å²) in [5, 5.41) is 0. The van der Waals surface area contributed by atoms with Crippen LogP contribution in [0.15, 0.2) is 36.9 Å². The molecule has 0 spiro atoms. The molecule has 2 aromatic heterocycles.